The van der Waals surface area contributed by atoms with Crippen molar-refractivity contribution >= 4 is 46.8 Å². The Labute approximate surface area is 347 Å². The number of ether oxygens (including phenoxy) is 3. The van der Waals surface area contributed by atoms with Crippen molar-refractivity contribution in [3.05, 3.63) is 166 Å². The number of rotatable bonds is 13. The minimum absolute atomic E-state index is 0. The van der Waals surface area contributed by atoms with Crippen LogP contribution < -0.4 is 14.2 Å². The fourth-order valence-electron chi connectivity index (χ4n) is 6.57. The number of carbonyl (C=O) groups excluding carboxylic acids is 1. The normalized spacial score (nSPS) is 13.4. The molecule has 0 atom stereocenters. The monoisotopic (exact) mass is 827 g/mol. The van der Waals surface area contributed by atoms with E-state index in [1.807, 2.05) is 36.1 Å². The van der Waals surface area contributed by atoms with Gasteiger partial charge in [0.25, 0.3) is 0 Å². The summed E-state index contributed by atoms with van der Waals surface area (Å²) in [6.45, 7) is 6.25. The van der Waals surface area contributed by atoms with E-state index >= 15 is 0 Å². The van der Waals surface area contributed by atoms with Crippen molar-refractivity contribution in [2.75, 3.05) is 32.8 Å². The van der Waals surface area contributed by atoms with Gasteiger partial charge in [-0.3, -0.25) is 9.69 Å². The van der Waals surface area contributed by atoms with Crippen molar-refractivity contribution in [2.45, 2.75) is 32.7 Å². The van der Waals surface area contributed by atoms with Gasteiger partial charge in [-0.15, -0.1) is 12.4 Å². The second-order valence-corrected chi connectivity index (χ2v) is 14.3. The van der Waals surface area contributed by atoms with Crippen molar-refractivity contribution in [1.82, 2.24) is 14.8 Å². The minimum atomic E-state index is -4.39. The van der Waals surface area contributed by atoms with Crippen molar-refractivity contribution in [3.63, 3.8) is 0 Å². The fourth-order valence-corrected chi connectivity index (χ4v) is 6.88. The lowest BCUT2D eigenvalue weighted by Crippen LogP contribution is -2.47. The summed E-state index contributed by atoms with van der Waals surface area (Å²) in [5, 5.41) is 2.74. The number of aromatic nitrogens is 1. The molecule has 0 unspecified atom stereocenters. The molecular formula is C46H42Cl2F3N3O4. The molecule has 58 heavy (non-hydrogen) atoms. The van der Waals surface area contributed by atoms with Crippen LogP contribution in [0.5, 0.6) is 23.1 Å². The van der Waals surface area contributed by atoms with Crippen molar-refractivity contribution in [2.24, 2.45) is 0 Å². The minimum Gasteiger partial charge on any atom is -0.493 e. The molecule has 0 spiro atoms. The van der Waals surface area contributed by atoms with Gasteiger partial charge >= 0.3 is 6.18 Å². The number of alkyl halides is 3. The van der Waals surface area contributed by atoms with Gasteiger partial charge in [0, 0.05) is 51.3 Å². The number of amides is 1. The Hall–Kier alpha value is -5.55. The molecule has 1 aliphatic rings. The van der Waals surface area contributed by atoms with Gasteiger partial charge in [-0.25, -0.2) is 4.98 Å². The number of aryl methyl sites for hydroxylation is 1. The number of piperazine rings is 1. The number of hydrogen-bond acceptors (Lipinski definition) is 6. The summed E-state index contributed by atoms with van der Waals surface area (Å²) in [6, 6.07) is 34.8. The largest absolute Gasteiger partial charge is 0.493 e. The third-order valence-electron chi connectivity index (χ3n) is 9.77. The molecule has 0 bridgehead atoms. The highest BCUT2D eigenvalue weighted by atomic mass is 35.5. The third kappa shape index (κ3) is 11.3. The number of benzene rings is 5. The van der Waals surface area contributed by atoms with Gasteiger partial charge in [-0.2, -0.15) is 13.2 Å². The number of carbonyl (C=O) groups is 1. The highest BCUT2D eigenvalue weighted by Crippen LogP contribution is 2.34. The van der Waals surface area contributed by atoms with E-state index in [4.69, 9.17) is 25.8 Å². The van der Waals surface area contributed by atoms with Gasteiger partial charge in [0.2, 0.25) is 11.8 Å². The number of pyridine rings is 1. The van der Waals surface area contributed by atoms with E-state index in [-0.39, 0.29) is 30.8 Å². The first-order valence-corrected chi connectivity index (χ1v) is 19.1. The molecule has 1 fully saturated rings. The van der Waals surface area contributed by atoms with E-state index < -0.39 is 11.7 Å². The van der Waals surface area contributed by atoms with Gasteiger partial charge < -0.3 is 19.1 Å². The van der Waals surface area contributed by atoms with E-state index in [2.05, 4.69) is 58.4 Å². The smallest absolute Gasteiger partial charge is 0.416 e. The number of fused-ring (bicyclic) bond motifs is 1. The summed E-state index contributed by atoms with van der Waals surface area (Å²) >= 11 is 6.60. The Kier molecular flexibility index (Phi) is 14.0. The highest BCUT2D eigenvalue weighted by molar-refractivity contribution is 6.32. The fraction of sp³-hybridized carbons (Fsp3) is 0.217. The van der Waals surface area contributed by atoms with Crippen LogP contribution in [-0.2, 0) is 30.5 Å². The van der Waals surface area contributed by atoms with Crippen LogP contribution in [0.3, 0.4) is 0 Å². The van der Waals surface area contributed by atoms with Crippen molar-refractivity contribution in [1.29, 1.82) is 0 Å². The first-order chi connectivity index (χ1) is 27.6. The molecule has 5 aromatic carbocycles. The second kappa shape index (κ2) is 19.3. The first kappa shape index (κ1) is 42.1. The molecule has 1 aliphatic heterocycles. The van der Waals surface area contributed by atoms with Gasteiger partial charge in [0.1, 0.15) is 18.1 Å². The topological polar surface area (TPSA) is 64.1 Å². The Morgan fingerprint density at radius 1 is 0.793 bits per heavy atom. The van der Waals surface area contributed by atoms with Crippen LogP contribution in [0.25, 0.3) is 16.8 Å². The Balaban J connectivity index is 0.00000567. The summed E-state index contributed by atoms with van der Waals surface area (Å²) in [4.78, 5) is 21.6. The maximum atomic E-state index is 13.1. The summed E-state index contributed by atoms with van der Waals surface area (Å²) in [5.41, 5.74) is 3.88. The average Bonchev–Trinajstić information content (AvgIpc) is 3.21. The molecule has 0 N–H and O–H groups in total. The van der Waals surface area contributed by atoms with Gasteiger partial charge in [-0.05, 0) is 94.1 Å². The van der Waals surface area contributed by atoms with E-state index in [0.717, 1.165) is 55.1 Å². The molecule has 7 nitrogen and oxygen atoms in total. The first-order valence-electron chi connectivity index (χ1n) is 18.7. The molecule has 1 aromatic heterocycles. The molecule has 2 heterocycles. The molecule has 7 rings (SSSR count). The molecule has 0 radical (unpaired) electrons. The van der Waals surface area contributed by atoms with Crippen LogP contribution in [0.4, 0.5) is 13.2 Å². The zero-order valence-corrected chi connectivity index (χ0v) is 33.3. The SMILES string of the molecule is Cc1cc(/C=C/C(=O)N2CCN(Cc3ccc(CCOc4ccc5ccccc5c4)cc3)CC2)cc(Cl)c1Oc1ccc(OCc2ccc(C(F)(F)F)cc2)cn1.Cl. The third-order valence-corrected chi connectivity index (χ3v) is 10.0. The van der Waals surface area contributed by atoms with E-state index in [1.54, 1.807) is 30.4 Å². The van der Waals surface area contributed by atoms with Crippen LogP contribution in [0, 0.1) is 6.92 Å². The van der Waals surface area contributed by atoms with Crippen LogP contribution in [-0.4, -0.2) is 53.5 Å². The molecule has 12 heteroatoms. The lowest BCUT2D eigenvalue weighted by atomic mass is 10.1. The molecular weight excluding hydrogens is 786 g/mol. The van der Waals surface area contributed by atoms with Crippen LogP contribution in [0.15, 0.2) is 128 Å². The standard InChI is InChI=1S/C46H41ClF3N3O4.ClH/c1-32-26-36(27-42(47)45(32)57-43-18-17-41(29-51-43)56-31-35-10-14-39(15-11-35)46(48,49)50)12-19-44(54)53-23-21-52(22-24-53)30-34-8-6-33(7-9-34)20-25-55-40-16-13-37-4-2-3-5-38(37)28-40;/h2-19,26-29H,20-25,30-31H2,1H3;1H/b19-12+;. The zero-order valence-electron chi connectivity index (χ0n) is 31.8. The van der Waals surface area contributed by atoms with Gasteiger partial charge in [0.15, 0.2) is 5.75 Å². The quantitative estimate of drug-likeness (QED) is 0.108. The maximum absolute atomic E-state index is 13.1. The average molecular weight is 829 g/mol. The van der Waals surface area contributed by atoms with Crippen molar-refractivity contribution < 1.29 is 32.2 Å². The molecule has 0 aliphatic carbocycles. The summed E-state index contributed by atoms with van der Waals surface area (Å²) in [6.07, 6.45) is 1.24. The zero-order chi connectivity index (χ0) is 39.8. The number of nitrogens with zero attached hydrogens (tertiary/aromatic N) is 3. The van der Waals surface area contributed by atoms with E-state index in [9.17, 15) is 18.0 Å². The van der Waals surface area contributed by atoms with Crippen LogP contribution in [0.2, 0.25) is 5.02 Å². The molecule has 1 saturated heterocycles. The summed E-state index contributed by atoms with van der Waals surface area (Å²) in [5.74, 6) is 1.98. The van der Waals surface area contributed by atoms with E-state index in [0.29, 0.717) is 41.8 Å². The Morgan fingerprint density at radius 2 is 1.48 bits per heavy atom. The van der Waals surface area contributed by atoms with Gasteiger partial charge in [0.05, 0.1) is 23.4 Å². The lowest BCUT2D eigenvalue weighted by molar-refractivity contribution is -0.137. The van der Waals surface area contributed by atoms with Crippen LogP contribution >= 0.6 is 24.0 Å². The second-order valence-electron chi connectivity index (χ2n) is 13.9. The summed E-state index contributed by atoms with van der Waals surface area (Å²) in [7, 11) is 0. The highest BCUT2D eigenvalue weighted by Gasteiger charge is 2.30. The molecule has 0 saturated carbocycles. The molecule has 300 valence electrons. The molecule has 6 aromatic rings. The summed E-state index contributed by atoms with van der Waals surface area (Å²) < 4.78 is 56.1. The number of halogens is 5. The Morgan fingerprint density at radius 3 is 2.17 bits per heavy atom. The van der Waals surface area contributed by atoms with E-state index in [1.165, 1.54) is 40.2 Å². The maximum Gasteiger partial charge on any atom is 0.416 e. The predicted molar refractivity (Wildman–Crippen MR) is 224 cm³/mol. The number of hydrogen-bond donors (Lipinski definition) is 0. The predicted octanol–water partition coefficient (Wildman–Crippen LogP) is 11.0. The van der Waals surface area contributed by atoms with Crippen LogP contribution in [0.1, 0.15) is 33.4 Å². The molecule has 1 amide bonds. The lowest BCUT2D eigenvalue weighted by Gasteiger charge is -2.34. The van der Waals surface area contributed by atoms with Crippen molar-refractivity contribution in [3.8, 4) is 23.1 Å². The Bertz CT molecular complexity index is 2310. The van der Waals surface area contributed by atoms with Gasteiger partial charge in [-0.1, -0.05) is 78.3 Å².